The van der Waals surface area contributed by atoms with Gasteiger partial charge in [0.05, 0.1) is 5.39 Å². The van der Waals surface area contributed by atoms with E-state index in [9.17, 15) is 0 Å². The molecular weight excluding hydrogens is 350 g/mol. The third-order valence-corrected chi connectivity index (χ3v) is 5.37. The van der Waals surface area contributed by atoms with Crippen molar-refractivity contribution in [3.63, 3.8) is 0 Å². The smallest absolute Gasteiger partial charge is 0.225 e. The molecule has 0 radical (unpaired) electrons. The van der Waals surface area contributed by atoms with Crippen LogP contribution in [0.4, 0.5) is 11.5 Å². The Labute approximate surface area is 155 Å². The van der Waals surface area contributed by atoms with Gasteiger partial charge in [-0.15, -0.1) is 11.3 Å². The molecule has 2 aromatic carbocycles. The van der Waals surface area contributed by atoms with E-state index >= 15 is 0 Å². The number of hydrogen-bond acceptors (Lipinski definition) is 4. The summed E-state index contributed by atoms with van der Waals surface area (Å²) in [6, 6.07) is 20.5. The number of aromatic nitrogens is 2. The van der Waals surface area contributed by atoms with Crippen molar-refractivity contribution in [1.29, 1.82) is 0 Å². The predicted molar refractivity (Wildman–Crippen MR) is 107 cm³/mol. The van der Waals surface area contributed by atoms with Crippen molar-refractivity contribution in [1.82, 2.24) is 9.97 Å². The van der Waals surface area contributed by atoms with Crippen molar-refractivity contribution in [2.24, 2.45) is 0 Å². The van der Waals surface area contributed by atoms with E-state index in [1.807, 2.05) is 31.3 Å². The highest BCUT2D eigenvalue weighted by Gasteiger charge is 2.20. The molecule has 0 aliphatic carbocycles. The molecule has 2 heterocycles. The summed E-state index contributed by atoms with van der Waals surface area (Å²) in [6.07, 6.45) is 0. The lowest BCUT2D eigenvalue weighted by Crippen LogP contribution is -2.12. The Bertz CT molecular complexity index is 1030. The number of fused-ring (bicyclic) bond motifs is 1. The van der Waals surface area contributed by atoms with E-state index in [1.165, 1.54) is 16.0 Å². The molecule has 0 unspecified atom stereocenters. The SMILES string of the molecule is Cc1sc2nc(Cl)nc(N(C)c3ccccc3)c2c1-c1ccccc1. The Morgan fingerprint density at radius 3 is 2.24 bits per heavy atom. The fraction of sp³-hybridized carbons (Fsp3) is 0.100. The molecule has 2 aromatic heterocycles. The zero-order valence-corrected chi connectivity index (χ0v) is 15.5. The van der Waals surface area contributed by atoms with Crippen LogP contribution >= 0.6 is 22.9 Å². The van der Waals surface area contributed by atoms with Gasteiger partial charge in [-0.1, -0.05) is 48.5 Å². The molecular formula is C20H16ClN3S. The van der Waals surface area contributed by atoms with E-state index in [4.69, 9.17) is 11.6 Å². The van der Waals surface area contributed by atoms with Crippen LogP contribution in [0.25, 0.3) is 21.3 Å². The standard InChI is InChI=1S/C20H16ClN3S/c1-13-16(14-9-5-3-6-10-14)17-18(22-20(21)23-19(17)25-13)24(2)15-11-7-4-8-12-15/h3-12H,1-2H3. The van der Waals surface area contributed by atoms with Crippen LogP contribution < -0.4 is 4.90 Å². The van der Waals surface area contributed by atoms with Crippen LogP contribution in [-0.2, 0) is 0 Å². The zero-order valence-electron chi connectivity index (χ0n) is 13.9. The maximum absolute atomic E-state index is 6.22. The quantitative estimate of drug-likeness (QED) is 0.411. The first-order chi connectivity index (χ1) is 12.1. The molecule has 0 aliphatic rings. The molecule has 3 nitrogen and oxygen atoms in total. The Kier molecular flexibility index (Phi) is 4.15. The Hall–Kier alpha value is -2.43. The van der Waals surface area contributed by atoms with E-state index in [-0.39, 0.29) is 5.28 Å². The highest BCUT2D eigenvalue weighted by molar-refractivity contribution is 7.19. The minimum absolute atomic E-state index is 0.270. The van der Waals surface area contributed by atoms with Crippen LogP contribution in [0, 0.1) is 6.92 Å². The zero-order chi connectivity index (χ0) is 17.4. The lowest BCUT2D eigenvalue weighted by molar-refractivity contribution is 1.12. The number of thiophene rings is 1. The highest BCUT2D eigenvalue weighted by Crippen LogP contribution is 2.43. The van der Waals surface area contributed by atoms with Gasteiger partial charge < -0.3 is 4.90 Å². The molecule has 0 spiro atoms. The Morgan fingerprint density at radius 1 is 0.920 bits per heavy atom. The Balaban J connectivity index is 2.01. The van der Waals surface area contributed by atoms with Crippen LogP contribution in [0.5, 0.6) is 0 Å². The molecule has 0 saturated carbocycles. The number of hydrogen-bond donors (Lipinski definition) is 0. The lowest BCUT2D eigenvalue weighted by atomic mass is 10.0. The first-order valence-electron chi connectivity index (χ1n) is 7.96. The van der Waals surface area contributed by atoms with Gasteiger partial charge in [-0.25, -0.2) is 4.98 Å². The van der Waals surface area contributed by atoms with E-state index in [0.717, 1.165) is 21.7 Å². The number of rotatable bonds is 3. The predicted octanol–water partition coefficient (Wildman–Crippen LogP) is 6.09. The van der Waals surface area contributed by atoms with Crippen molar-refractivity contribution in [2.75, 3.05) is 11.9 Å². The topological polar surface area (TPSA) is 29.0 Å². The average molecular weight is 366 g/mol. The fourth-order valence-corrected chi connectivity index (χ4v) is 4.29. The summed E-state index contributed by atoms with van der Waals surface area (Å²) in [4.78, 5) is 13.2. The van der Waals surface area contributed by atoms with Gasteiger partial charge in [0.15, 0.2) is 0 Å². The number of benzene rings is 2. The van der Waals surface area contributed by atoms with Crippen LogP contribution in [0.1, 0.15) is 4.88 Å². The van der Waals surface area contributed by atoms with Crippen LogP contribution in [0.3, 0.4) is 0 Å². The summed E-state index contributed by atoms with van der Waals surface area (Å²) in [6.45, 7) is 2.12. The maximum atomic E-state index is 6.22. The van der Waals surface area contributed by atoms with Gasteiger partial charge in [0.25, 0.3) is 0 Å². The van der Waals surface area contributed by atoms with Gasteiger partial charge in [-0.2, -0.15) is 4.98 Å². The molecule has 25 heavy (non-hydrogen) atoms. The van der Waals surface area contributed by atoms with Gasteiger partial charge in [-0.3, -0.25) is 0 Å². The normalized spacial score (nSPS) is 11.0. The van der Waals surface area contributed by atoms with E-state index < -0.39 is 0 Å². The summed E-state index contributed by atoms with van der Waals surface area (Å²) in [7, 11) is 2.01. The van der Waals surface area contributed by atoms with Crippen molar-refractivity contribution >= 4 is 44.7 Å². The second-order valence-electron chi connectivity index (χ2n) is 5.79. The molecule has 0 bridgehead atoms. The highest BCUT2D eigenvalue weighted by atomic mass is 35.5. The van der Waals surface area contributed by atoms with Crippen molar-refractivity contribution < 1.29 is 0 Å². The summed E-state index contributed by atoms with van der Waals surface area (Å²) in [5, 5.41) is 1.32. The van der Waals surface area contributed by atoms with Gasteiger partial charge in [0.2, 0.25) is 5.28 Å². The molecule has 0 atom stereocenters. The van der Waals surface area contributed by atoms with Crippen molar-refractivity contribution in [2.45, 2.75) is 6.92 Å². The second-order valence-corrected chi connectivity index (χ2v) is 7.33. The number of aryl methyl sites for hydroxylation is 1. The van der Waals surface area contributed by atoms with Gasteiger partial charge in [-0.05, 0) is 36.2 Å². The largest absolute Gasteiger partial charge is 0.329 e. The lowest BCUT2D eigenvalue weighted by Gasteiger charge is -2.20. The number of halogens is 1. The second kappa shape index (κ2) is 6.47. The molecule has 0 N–H and O–H groups in total. The third kappa shape index (κ3) is 2.88. The van der Waals surface area contributed by atoms with Gasteiger partial charge in [0.1, 0.15) is 10.6 Å². The minimum atomic E-state index is 0.270. The number of anilines is 2. The summed E-state index contributed by atoms with van der Waals surface area (Å²) in [5.41, 5.74) is 3.40. The molecule has 4 rings (SSSR count). The average Bonchev–Trinajstić information content (AvgIpc) is 2.97. The minimum Gasteiger partial charge on any atom is -0.329 e. The monoisotopic (exact) mass is 365 g/mol. The number of para-hydroxylation sites is 1. The summed E-state index contributed by atoms with van der Waals surface area (Å²) >= 11 is 7.87. The van der Waals surface area contributed by atoms with E-state index in [2.05, 4.69) is 58.2 Å². The van der Waals surface area contributed by atoms with Gasteiger partial charge in [0, 0.05) is 23.2 Å². The van der Waals surface area contributed by atoms with Crippen LogP contribution in [0.15, 0.2) is 60.7 Å². The summed E-state index contributed by atoms with van der Waals surface area (Å²) in [5.74, 6) is 0.824. The van der Waals surface area contributed by atoms with E-state index in [1.54, 1.807) is 11.3 Å². The molecule has 5 heteroatoms. The Morgan fingerprint density at radius 2 is 1.56 bits per heavy atom. The van der Waals surface area contributed by atoms with Crippen LogP contribution in [-0.4, -0.2) is 17.0 Å². The van der Waals surface area contributed by atoms with E-state index in [0.29, 0.717) is 0 Å². The fourth-order valence-electron chi connectivity index (χ4n) is 3.04. The molecule has 0 fully saturated rings. The molecule has 4 aromatic rings. The first-order valence-corrected chi connectivity index (χ1v) is 9.15. The van der Waals surface area contributed by atoms with Gasteiger partial charge >= 0.3 is 0 Å². The van der Waals surface area contributed by atoms with Crippen LogP contribution in [0.2, 0.25) is 5.28 Å². The molecule has 124 valence electrons. The van der Waals surface area contributed by atoms with Crippen molar-refractivity contribution in [3.05, 3.63) is 70.8 Å². The maximum Gasteiger partial charge on any atom is 0.225 e. The third-order valence-electron chi connectivity index (χ3n) is 4.20. The van der Waals surface area contributed by atoms with Crippen molar-refractivity contribution in [3.8, 4) is 11.1 Å². The number of nitrogens with zero attached hydrogens (tertiary/aromatic N) is 3. The molecule has 0 amide bonds. The summed E-state index contributed by atoms with van der Waals surface area (Å²) < 4.78 is 0. The molecule has 0 saturated heterocycles. The molecule has 0 aliphatic heterocycles. The first kappa shape index (κ1) is 16.1.